The molecule has 0 bridgehead atoms. The average molecular weight is 182 g/mol. The second-order valence-corrected chi connectivity index (χ2v) is 3.59. The molecule has 1 nitrogen and oxygen atoms in total. The van der Waals surface area contributed by atoms with Gasteiger partial charge >= 0.3 is 0 Å². The van der Waals surface area contributed by atoms with Crippen LogP contribution < -0.4 is 0 Å². The van der Waals surface area contributed by atoms with E-state index < -0.39 is 11.2 Å². The largest absolute Gasteiger partial charge is 0.607 e. The molecule has 0 aliphatic rings. The minimum atomic E-state index is -1.05. The van der Waals surface area contributed by atoms with Crippen molar-refractivity contribution in [1.29, 1.82) is 0 Å². The molecule has 0 atom stereocenters. The lowest BCUT2D eigenvalue weighted by molar-refractivity contribution is 0.611. The summed E-state index contributed by atoms with van der Waals surface area (Å²) >= 11 is -1.05. The van der Waals surface area contributed by atoms with E-state index in [0.29, 0.717) is 0 Å². The van der Waals surface area contributed by atoms with E-state index in [-0.39, 0.29) is 0 Å². The minimum absolute atomic E-state index is 0.918. The third kappa shape index (κ3) is 4.99. The lowest BCUT2D eigenvalue weighted by Gasteiger charge is -2.00. The summed E-state index contributed by atoms with van der Waals surface area (Å²) in [5, 5.41) is 3.31. The van der Waals surface area contributed by atoms with Crippen molar-refractivity contribution in [2.45, 2.75) is 13.8 Å². The van der Waals surface area contributed by atoms with Crippen LogP contribution in [0.1, 0.15) is 13.8 Å². The zero-order chi connectivity index (χ0) is 9.56. The summed E-state index contributed by atoms with van der Waals surface area (Å²) in [6, 6.07) is 0. The molecule has 0 saturated carbocycles. The molecule has 0 saturated heterocycles. The Labute approximate surface area is 77.4 Å². The van der Waals surface area contributed by atoms with Gasteiger partial charge in [-0.15, -0.1) is 0 Å². The third-order valence-corrected chi connectivity index (χ3v) is 2.46. The predicted molar refractivity (Wildman–Crippen MR) is 56.1 cm³/mol. The van der Waals surface area contributed by atoms with Crippen LogP contribution in [0.25, 0.3) is 0 Å². The van der Waals surface area contributed by atoms with Crippen LogP contribution in [0.3, 0.4) is 0 Å². The lowest BCUT2D eigenvalue weighted by Crippen LogP contribution is -1.91. The zero-order valence-electron chi connectivity index (χ0n) is 7.54. The fraction of sp³-hybridized carbons (Fsp3) is 0.200. The normalized spacial score (nSPS) is 15.6. The standard InChI is InChI=1S/C10H14OS/c1-5-9(3)7-12(11)8-10(4)6-2/h5-8H,1-2H2,3-4H3. The Bertz CT molecular complexity index is 202. The van der Waals surface area contributed by atoms with Gasteiger partial charge in [0.25, 0.3) is 0 Å². The van der Waals surface area contributed by atoms with Gasteiger partial charge in [0.1, 0.15) is 10.8 Å². The first-order valence-electron chi connectivity index (χ1n) is 3.61. The molecule has 0 aromatic rings. The maximum Gasteiger partial charge on any atom is 0.125 e. The maximum atomic E-state index is 11.2. The van der Waals surface area contributed by atoms with E-state index in [4.69, 9.17) is 0 Å². The van der Waals surface area contributed by atoms with Crippen LogP contribution in [-0.4, -0.2) is 4.55 Å². The highest BCUT2D eigenvalue weighted by molar-refractivity contribution is 7.97. The van der Waals surface area contributed by atoms with Crippen LogP contribution in [0.15, 0.2) is 47.3 Å². The first kappa shape index (κ1) is 11.3. The smallest absolute Gasteiger partial charge is 0.125 e. The van der Waals surface area contributed by atoms with Crippen LogP contribution in [0.5, 0.6) is 0 Å². The van der Waals surface area contributed by atoms with Crippen molar-refractivity contribution < 1.29 is 4.55 Å². The molecule has 12 heavy (non-hydrogen) atoms. The zero-order valence-corrected chi connectivity index (χ0v) is 8.36. The first-order chi connectivity index (χ1) is 5.60. The highest BCUT2D eigenvalue weighted by Crippen LogP contribution is 2.05. The molecule has 0 amide bonds. The number of allylic oxidation sites excluding steroid dienone is 4. The van der Waals surface area contributed by atoms with Gasteiger partial charge in [-0.1, -0.05) is 25.3 Å². The van der Waals surface area contributed by atoms with Gasteiger partial charge in [-0.3, -0.25) is 0 Å². The molecule has 66 valence electrons. The van der Waals surface area contributed by atoms with E-state index in [1.807, 2.05) is 13.8 Å². The number of rotatable bonds is 4. The first-order valence-corrected chi connectivity index (χ1v) is 4.89. The highest BCUT2D eigenvalue weighted by Gasteiger charge is 1.97. The van der Waals surface area contributed by atoms with Crippen molar-refractivity contribution in [1.82, 2.24) is 0 Å². The number of hydrogen-bond acceptors (Lipinski definition) is 1. The van der Waals surface area contributed by atoms with Crippen LogP contribution in [0, 0.1) is 0 Å². The monoisotopic (exact) mass is 182 g/mol. The quantitative estimate of drug-likeness (QED) is 0.484. The molecule has 0 spiro atoms. The van der Waals surface area contributed by atoms with E-state index in [1.165, 1.54) is 0 Å². The van der Waals surface area contributed by atoms with Gasteiger partial charge in [0.2, 0.25) is 0 Å². The topological polar surface area (TPSA) is 23.1 Å². The van der Waals surface area contributed by atoms with Crippen LogP contribution in [0.2, 0.25) is 0 Å². The Kier molecular flexibility index (Phi) is 5.51. The van der Waals surface area contributed by atoms with Crippen molar-refractivity contribution in [2.75, 3.05) is 0 Å². The molecule has 0 aromatic heterocycles. The second-order valence-electron chi connectivity index (χ2n) is 2.46. The number of hydrogen-bond donors (Lipinski definition) is 0. The summed E-state index contributed by atoms with van der Waals surface area (Å²) in [4.78, 5) is 0. The van der Waals surface area contributed by atoms with Crippen molar-refractivity contribution in [3.8, 4) is 0 Å². The van der Waals surface area contributed by atoms with Gasteiger partial charge < -0.3 is 4.55 Å². The summed E-state index contributed by atoms with van der Waals surface area (Å²) < 4.78 is 11.2. The van der Waals surface area contributed by atoms with Crippen LogP contribution in [-0.2, 0) is 11.2 Å². The molecule has 0 aliphatic carbocycles. The van der Waals surface area contributed by atoms with Gasteiger partial charge in [0, 0.05) is 11.2 Å². The van der Waals surface area contributed by atoms with Crippen molar-refractivity contribution >= 4 is 11.2 Å². The van der Waals surface area contributed by atoms with Gasteiger partial charge in [-0.05, 0) is 25.0 Å². The lowest BCUT2D eigenvalue weighted by atomic mass is 10.4. The Morgan fingerprint density at radius 2 is 1.42 bits per heavy atom. The summed E-state index contributed by atoms with van der Waals surface area (Å²) in [6.45, 7) is 10.9. The Balaban J connectivity index is 4.32. The van der Waals surface area contributed by atoms with E-state index >= 15 is 0 Å². The van der Waals surface area contributed by atoms with Gasteiger partial charge in [-0.2, -0.15) is 0 Å². The third-order valence-electron chi connectivity index (χ3n) is 1.25. The van der Waals surface area contributed by atoms with Crippen LogP contribution >= 0.6 is 0 Å². The molecule has 0 radical (unpaired) electrons. The fourth-order valence-electron chi connectivity index (χ4n) is 0.497. The fourth-order valence-corrected chi connectivity index (χ4v) is 1.49. The summed E-state index contributed by atoms with van der Waals surface area (Å²) in [5.41, 5.74) is 1.84. The molecule has 0 fully saturated rings. The molecule has 0 heterocycles. The van der Waals surface area contributed by atoms with Gasteiger partial charge in [0.05, 0.1) is 0 Å². The summed E-state index contributed by atoms with van der Waals surface area (Å²) in [5.74, 6) is 0. The molecule has 0 rings (SSSR count). The Hall–Kier alpha value is -0.730. The van der Waals surface area contributed by atoms with Gasteiger partial charge in [-0.25, -0.2) is 0 Å². The predicted octanol–water partition coefficient (Wildman–Crippen LogP) is 2.91. The van der Waals surface area contributed by atoms with E-state index in [2.05, 4.69) is 13.2 Å². The summed E-state index contributed by atoms with van der Waals surface area (Å²) in [6.07, 6.45) is 3.35. The van der Waals surface area contributed by atoms with Crippen molar-refractivity contribution in [3.05, 3.63) is 47.3 Å². The van der Waals surface area contributed by atoms with Gasteiger partial charge in [0.15, 0.2) is 0 Å². The summed E-state index contributed by atoms with van der Waals surface area (Å²) in [7, 11) is 0. The molecule has 2 heteroatoms. The molecule has 0 unspecified atom stereocenters. The maximum absolute atomic E-state index is 11.2. The molecule has 0 aromatic carbocycles. The van der Waals surface area contributed by atoms with E-state index in [0.717, 1.165) is 11.1 Å². The molecular weight excluding hydrogens is 168 g/mol. The molecule has 0 N–H and O–H groups in total. The van der Waals surface area contributed by atoms with E-state index in [1.54, 1.807) is 23.0 Å². The van der Waals surface area contributed by atoms with Crippen LogP contribution in [0.4, 0.5) is 0 Å². The highest BCUT2D eigenvalue weighted by atomic mass is 32.2. The van der Waals surface area contributed by atoms with E-state index in [9.17, 15) is 4.55 Å². The van der Waals surface area contributed by atoms with Crippen molar-refractivity contribution in [3.63, 3.8) is 0 Å². The minimum Gasteiger partial charge on any atom is -0.607 e. The molecular formula is C10H14OS. The SMILES string of the molecule is C=CC(C)=C[S+]([O-])C=C(C)C=C. The average Bonchev–Trinajstić information content (AvgIpc) is 2.03. The Morgan fingerprint density at radius 3 is 1.67 bits per heavy atom. The second kappa shape index (κ2) is 5.86. The Morgan fingerprint density at radius 1 is 1.08 bits per heavy atom. The van der Waals surface area contributed by atoms with Crippen molar-refractivity contribution in [2.24, 2.45) is 0 Å². The molecule has 0 aliphatic heterocycles.